The minimum absolute atomic E-state index is 0.0368. The van der Waals surface area contributed by atoms with Crippen molar-refractivity contribution in [2.75, 3.05) is 6.61 Å². The number of carbonyl (C=O) groups is 2. The summed E-state index contributed by atoms with van der Waals surface area (Å²) in [6, 6.07) is -0.720. The summed E-state index contributed by atoms with van der Waals surface area (Å²) in [6.07, 6.45) is 58.2. The molecular formula is C53H93NO5. The second-order valence-electron chi connectivity index (χ2n) is 16.6. The van der Waals surface area contributed by atoms with Crippen LogP contribution < -0.4 is 5.32 Å². The molecule has 0 aliphatic rings. The molecule has 0 rings (SSSR count). The number of rotatable bonds is 43. The van der Waals surface area contributed by atoms with Crippen LogP contribution in [-0.4, -0.2) is 46.9 Å². The van der Waals surface area contributed by atoms with Crippen molar-refractivity contribution < 1.29 is 24.5 Å². The van der Waals surface area contributed by atoms with Gasteiger partial charge in [0.05, 0.1) is 25.2 Å². The van der Waals surface area contributed by atoms with Gasteiger partial charge in [-0.1, -0.05) is 222 Å². The second-order valence-corrected chi connectivity index (χ2v) is 16.6. The highest BCUT2D eigenvalue weighted by Crippen LogP contribution is 2.17. The highest BCUT2D eigenvalue weighted by molar-refractivity contribution is 5.77. The normalized spacial score (nSPS) is 13.9. The number of hydrogen-bond acceptors (Lipinski definition) is 5. The van der Waals surface area contributed by atoms with Crippen molar-refractivity contribution >= 4 is 11.9 Å². The Labute approximate surface area is 364 Å². The third-order valence-electron chi connectivity index (χ3n) is 10.9. The Balaban J connectivity index is 4.68. The van der Waals surface area contributed by atoms with Gasteiger partial charge in [0.1, 0.15) is 6.10 Å². The molecule has 0 bridgehead atoms. The molecule has 0 aromatic rings. The molecule has 59 heavy (non-hydrogen) atoms. The van der Waals surface area contributed by atoms with Gasteiger partial charge in [0.15, 0.2) is 0 Å². The van der Waals surface area contributed by atoms with Crippen LogP contribution in [0.1, 0.15) is 226 Å². The number of nitrogens with one attached hydrogen (secondary N) is 1. The van der Waals surface area contributed by atoms with E-state index >= 15 is 0 Å². The number of allylic oxidation sites excluding steroid dienone is 12. The lowest BCUT2D eigenvalue weighted by Gasteiger charge is -2.24. The van der Waals surface area contributed by atoms with Gasteiger partial charge < -0.3 is 20.3 Å². The van der Waals surface area contributed by atoms with Crippen LogP contribution in [0.25, 0.3) is 0 Å². The maximum atomic E-state index is 13.2. The van der Waals surface area contributed by atoms with E-state index in [1.54, 1.807) is 0 Å². The Bertz CT molecular complexity index is 1110. The highest BCUT2D eigenvalue weighted by Gasteiger charge is 2.24. The molecule has 6 heteroatoms. The summed E-state index contributed by atoms with van der Waals surface area (Å²) in [5.74, 6) is -0.555. The lowest BCUT2D eigenvalue weighted by molar-refractivity contribution is -0.151. The van der Waals surface area contributed by atoms with E-state index in [9.17, 15) is 19.8 Å². The summed E-state index contributed by atoms with van der Waals surface area (Å²) in [4.78, 5) is 26.1. The SMILES string of the molecule is CC/C=C/C=C/C=C\C=C/C=C/CCCCCC(=O)OC(CCC/C=C\CCCCCCCCC)CC(=O)NC(CO)C(O)CCCCCCCCCCCCCCC. The Kier molecular flexibility index (Phi) is 44.2. The lowest BCUT2D eigenvalue weighted by atomic mass is 10.0. The molecule has 0 aliphatic carbocycles. The summed E-state index contributed by atoms with van der Waals surface area (Å²) < 4.78 is 5.88. The van der Waals surface area contributed by atoms with Crippen molar-refractivity contribution in [2.45, 2.75) is 244 Å². The first-order chi connectivity index (χ1) is 29.0. The van der Waals surface area contributed by atoms with Crippen LogP contribution >= 0.6 is 0 Å². The van der Waals surface area contributed by atoms with Crippen LogP contribution in [0.3, 0.4) is 0 Å². The minimum Gasteiger partial charge on any atom is -0.462 e. The predicted octanol–water partition coefficient (Wildman–Crippen LogP) is 14.6. The number of hydrogen-bond donors (Lipinski definition) is 3. The summed E-state index contributed by atoms with van der Waals surface area (Å²) in [6.45, 7) is 6.31. The first kappa shape index (κ1) is 56.3. The van der Waals surface area contributed by atoms with E-state index in [-0.39, 0.29) is 24.9 Å². The first-order valence-electron chi connectivity index (χ1n) is 24.7. The molecule has 3 unspecified atom stereocenters. The molecule has 1 amide bonds. The van der Waals surface area contributed by atoms with E-state index < -0.39 is 18.2 Å². The Hall–Kier alpha value is -2.70. The fourth-order valence-electron chi connectivity index (χ4n) is 7.16. The minimum atomic E-state index is -0.803. The van der Waals surface area contributed by atoms with Crippen LogP contribution in [0.5, 0.6) is 0 Å². The fourth-order valence-corrected chi connectivity index (χ4v) is 7.16. The van der Waals surface area contributed by atoms with Gasteiger partial charge in [0.25, 0.3) is 0 Å². The Morgan fingerprint density at radius 3 is 1.47 bits per heavy atom. The third kappa shape index (κ3) is 41.8. The average molecular weight is 824 g/mol. The van der Waals surface area contributed by atoms with Crippen LogP contribution in [0.15, 0.2) is 72.9 Å². The Morgan fingerprint density at radius 2 is 0.949 bits per heavy atom. The molecule has 0 aromatic carbocycles. The van der Waals surface area contributed by atoms with E-state index in [2.05, 4.69) is 56.5 Å². The topological polar surface area (TPSA) is 95.9 Å². The highest BCUT2D eigenvalue weighted by atomic mass is 16.5. The molecule has 0 heterocycles. The molecule has 6 nitrogen and oxygen atoms in total. The van der Waals surface area contributed by atoms with Crippen molar-refractivity contribution in [3.63, 3.8) is 0 Å². The fraction of sp³-hybridized carbons (Fsp3) is 0.736. The molecule has 0 spiro atoms. The van der Waals surface area contributed by atoms with Gasteiger partial charge in [0.2, 0.25) is 5.91 Å². The largest absolute Gasteiger partial charge is 0.462 e. The molecule has 0 saturated heterocycles. The molecule has 3 atom stereocenters. The average Bonchev–Trinajstić information content (AvgIpc) is 3.23. The second kappa shape index (κ2) is 46.4. The van der Waals surface area contributed by atoms with Gasteiger partial charge >= 0.3 is 5.97 Å². The van der Waals surface area contributed by atoms with Crippen molar-refractivity contribution in [1.82, 2.24) is 5.32 Å². The lowest BCUT2D eigenvalue weighted by Crippen LogP contribution is -2.46. The van der Waals surface area contributed by atoms with Crippen molar-refractivity contribution in [2.24, 2.45) is 0 Å². The van der Waals surface area contributed by atoms with Gasteiger partial charge in [-0.25, -0.2) is 0 Å². The quantitative estimate of drug-likeness (QED) is 0.0246. The van der Waals surface area contributed by atoms with Crippen LogP contribution in [0, 0.1) is 0 Å². The molecule has 0 fully saturated rings. The smallest absolute Gasteiger partial charge is 0.306 e. The monoisotopic (exact) mass is 824 g/mol. The van der Waals surface area contributed by atoms with Gasteiger partial charge in [0, 0.05) is 6.42 Å². The number of ether oxygens (including phenoxy) is 1. The molecular weight excluding hydrogens is 731 g/mol. The number of aliphatic hydroxyl groups is 2. The number of carbonyl (C=O) groups excluding carboxylic acids is 2. The Morgan fingerprint density at radius 1 is 0.508 bits per heavy atom. The predicted molar refractivity (Wildman–Crippen MR) is 255 cm³/mol. The molecule has 0 radical (unpaired) electrons. The first-order valence-corrected chi connectivity index (χ1v) is 24.7. The summed E-state index contributed by atoms with van der Waals surface area (Å²) in [5.41, 5.74) is 0. The van der Waals surface area contributed by atoms with Crippen molar-refractivity contribution in [3.05, 3.63) is 72.9 Å². The van der Waals surface area contributed by atoms with Gasteiger partial charge in [-0.15, -0.1) is 0 Å². The van der Waals surface area contributed by atoms with Crippen LogP contribution in [0.2, 0.25) is 0 Å². The number of aliphatic hydroxyl groups excluding tert-OH is 2. The van der Waals surface area contributed by atoms with Gasteiger partial charge in [-0.3, -0.25) is 9.59 Å². The summed E-state index contributed by atoms with van der Waals surface area (Å²) in [5, 5.41) is 23.7. The van der Waals surface area contributed by atoms with Gasteiger partial charge in [-0.2, -0.15) is 0 Å². The molecule has 0 aliphatic heterocycles. The zero-order valence-corrected chi connectivity index (χ0v) is 38.6. The van der Waals surface area contributed by atoms with Crippen molar-refractivity contribution in [3.8, 4) is 0 Å². The number of unbranched alkanes of at least 4 members (excludes halogenated alkanes) is 23. The standard InChI is InChI=1S/C53H93NO5/c1-4-7-10-13-16-19-22-25-26-28-31-34-37-40-43-46-53(58)59-49(44-41-38-35-32-29-24-21-18-15-12-9-6-3)47-52(57)54-50(48-55)51(56)45-42-39-36-33-30-27-23-20-17-14-11-8-5-2/h7,10,13,16,19,22,25-26,28,31-32,35,49-51,55-56H,4-6,8-9,11-12,14-15,17-18,20-21,23-24,27,29-30,33-34,36-48H2,1-3H3,(H,54,57)/b10-7+,16-13+,22-19-,26-25-,31-28+,35-32-. The van der Waals surface area contributed by atoms with E-state index in [1.807, 2.05) is 42.5 Å². The zero-order valence-electron chi connectivity index (χ0n) is 38.6. The van der Waals surface area contributed by atoms with E-state index in [0.717, 1.165) is 70.6 Å². The van der Waals surface area contributed by atoms with E-state index in [4.69, 9.17) is 4.74 Å². The molecule has 3 N–H and O–H groups in total. The molecule has 0 aromatic heterocycles. The number of amides is 1. The van der Waals surface area contributed by atoms with Crippen LogP contribution in [-0.2, 0) is 14.3 Å². The maximum Gasteiger partial charge on any atom is 0.306 e. The summed E-state index contributed by atoms with van der Waals surface area (Å²) >= 11 is 0. The zero-order chi connectivity index (χ0) is 43.1. The molecule has 0 saturated carbocycles. The third-order valence-corrected chi connectivity index (χ3v) is 10.9. The summed E-state index contributed by atoms with van der Waals surface area (Å²) in [7, 11) is 0. The van der Waals surface area contributed by atoms with E-state index in [1.165, 1.54) is 109 Å². The van der Waals surface area contributed by atoms with Crippen molar-refractivity contribution in [1.29, 1.82) is 0 Å². The maximum absolute atomic E-state index is 13.2. The van der Waals surface area contributed by atoms with Gasteiger partial charge in [-0.05, 0) is 64.2 Å². The van der Waals surface area contributed by atoms with Crippen LogP contribution in [0.4, 0.5) is 0 Å². The van der Waals surface area contributed by atoms with E-state index in [0.29, 0.717) is 19.3 Å². The number of esters is 1. The molecule has 340 valence electrons.